The maximum Gasteiger partial charge on any atom is 0.227 e. The maximum atomic E-state index is 12.5. The molecule has 7 heteroatoms. The highest BCUT2D eigenvalue weighted by molar-refractivity contribution is 6.00. The summed E-state index contributed by atoms with van der Waals surface area (Å²) in [7, 11) is 0. The first-order valence-corrected chi connectivity index (χ1v) is 9.77. The predicted molar refractivity (Wildman–Crippen MR) is 108 cm³/mol. The van der Waals surface area contributed by atoms with E-state index in [0.717, 1.165) is 11.4 Å². The molecule has 1 saturated heterocycles. The molecule has 1 atom stereocenters. The monoisotopic (exact) mass is 396 g/mol. The van der Waals surface area contributed by atoms with Gasteiger partial charge in [-0.25, -0.2) is 0 Å². The van der Waals surface area contributed by atoms with Crippen molar-refractivity contribution in [3.63, 3.8) is 0 Å². The van der Waals surface area contributed by atoms with Gasteiger partial charge in [-0.3, -0.25) is 9.59 Å². The van der Waals surface area contributed by atoms with Crippen molar-refractivity contribution in [2.75, 3.05) is 37.8 Å². The van der Waals surface area contributed by atoms with Crippen molar-refractivity contribution >= 4 is 17.5 Å². The molecule has 0 aromatic heterocycles. The highest BCUT2D eigenvalue weighted by Crippen LogP contribution is 2.35. The molecule has 0 saturated carbocycles. The Morgan fingerprint density at radius 3 is 2.69 bits per heavy atom. The van der Waals surface area contributed by atoms with Gasteiger partial charge in [0.15, 0.2) is 11.5 Å². The van der Waals surface area contributed by atoms with E-state index >= 15 is 0 Å². The highest BCUT2D eigenvalue weighted by atomic mass is 16.6. The SMILES string of the molecule is Cc1ccc(OCCNC(=O)[C@@H]2CC(=O)N(c3ccc4c(c3)OCCO4)C2)cc1. The average molecular weight is 396 g/mol. The molecule has 2 amide bonds. The van der Waals surface area contributed by atoms with Crippen molar-refractivity contribution in [1.29, 1.82) is 0 Å². The first-order valence-electron chi connectivity index (χ1n) is 9.77. The van der Waals surface area contributed by atoms with Crippen LogP contribution in [0.15, 0.2) is 42.5 Å². The van der Waals surface area contributed by atoms with Gasteiger partial charge in [0.05, 0.1) is 12.5 Å². The Hall–Kier alpha value is -3.22. The van der Waals surface area contributed by atoms with Crippen LogP contribution in [0.25, 0.3) is 0 Å². The average Bonchev–Trinajstić information content (AvgIpc) is 3.14. The van der Waals surface area contributed by atoms with E-state index in [1.165, 1.54) is 5.56 Å². The smallest absolute Gasteiger partial charge is 0.227 e. The van der Waals surface area contributed by atoms with E-state index in [0.29, 0.717) is 44.4 Å². The minimum atomic E-state index is -0.380. The number of carbonyl (C=O) groups excluding carboxylic acids is 2. The van der Waals surface area contributed by atoms with E-state index in [1.54, 1.807) is 17.0 Å². The predicted octanol–water partition coefficient (Wildman–Crippen LogP) is 2.31. The number of nitrogens with zero attached hydrogens (tertiary/aromatic N) is 1. The Morgan fingerprint density at radius 2 is 1.90 bits per heavy atom. The fraction of sp³-hybridized carbons (Fsp3) is 0.364. The second-order valence-corrected chi connectivity index (χ2v) is 7.19. The second kappa shape index (κ2) is 8.43. The summed E-state index contributed by atoms with van der Waals surface area (Å²) in [6, 6.07) is 13.2. The van der Waals surface area contributed by atoms with Gasteiger partial charge in [0.25, 0.3) is 0 Å². The number of aryl methyl sites for hydroxylation is 1. The summed E-state index contributed by atoms with van der Waals surface area (Å²) in [6.07, 6.45) is 0.194. The number of amides is 2. The van der Waals surface area contributed by atoms with Crippen LogP contribution < -0.4 is 24.4 Å². The summed E-state index contributed by atoms with van der Waals surface area (Å²) in [5, 5.41) is 2.86. The second-order valence-electron chi connectivity index (χ2n) is 7.19. The zero-order chi connectivity index (χ0) is 20.2. The number of benzene rings is 2. The molecule has 0 radical (unpaired) electrons. The molecule has 2 aliphatic heterocycles. The third-order valence-electron chi connectivity index (χ3n) is 5.02. The van der Waals surface area contributed by atoms with E-state index in [-0.39, 0.29) is 24.2 Å². The van der Waals surface area contributed by atoms with Gasteiger partial charge in [-0.15, -0.1) is 0 Å². The summed E-state index contributed by atoms with van der Waals surface area (Å²) in [5.74, 6) is 1.49. The Balaban J connectivity index is 1.28. The molecular formula is C22H24N2O5. The largest absolute Gasteiger partial charge is 0.492 e. The van der Waals surface area contributed by atoms with Crippen LogP contribution in [-0.4, -0.2) is 44.7 Å². The van der Waals surface area contributed by atoms with Crippen LogP contribution in [0.3, 0.4) is 0 Å². The van der Waals surface area contributed by atoms with E-state index in [9.17, 15) is 9.59 Å². The number of anilines is 1. The standard InChI is InChI=1S/C22H24N2O5/c1-15-2-5-18(6-3-15)27-9-8-23-22(26)16-12-21(25)24(14-16)17-4-7-19-20(13-17)29-11-10-28-19/h2-7,13,16H,8-12,14H2,1H3,(H,23,26)/t16-/m1/s1. The Kier molecular flexibility index (Phi) is 5.55. The van der Waals surface area contributed by atoms with Crippen molar-refractivity contribution in [2.24, 2.45) is 5.92 Å². The van der Waals surface area contributed by atoms with Gasteiger partial charge in [-0.05, 0) is 31.2 Å². The number of fused-ring (bicyclic) bond motifs is 1. The molecule has 2 aromatic rings. The number of hydrogen-bond donors (Lipinski definition) is 1. The molecule has 1 N–H and O–H groups in total. The van der Waals surface area contributed by atoms with Crippen LogP contribution in [0, 0.1) is 12.8 Å². The van der Waals surface area contributed by atoms with Crippen LogP contribution in [0.4, 0.5) is 5.69 Å². The van der Waals surface area contributed by atoms with Gasteiger partial charge in [-0.1, -0.05) is 17.7 Å². The van der Waals surface area contributed by atoms with Crippen molar-refractivity contribution in [3.05, 3.63) is 48.0 Å². The minimum Gasteiger partial charge on any atom is -0.492 e. The van der Waals surface area contributed by atoms with Crippen LogP contribution in [0.2, 0.25) is 0 Å². The van der Waals surface area contributed by atoms with E-state index in [4.69, 9.17) is 14.2 Å². The van der Waals surface area contributed by atoms with E-state index in [2.05, 4.69) is 5.32 Å². The lowest BCUT2D eigenvalue weighted by Gasteiger charge is -2.22. The highest BCUT2D eigenvalue weighted by Gasteiger charge is 2.35. The lowest BCUT2D eigenvalue weighted by molar-refractivity contribution is -0.126. The van der Waals surface area contributed by atoms with Gasteiger partial charge in [0.2, 0.25) is 11.8 Å². The van der Waals surface area contributed by atoms with E-state index in [1.807, 2.05) is 37.3 Å². The first kappa shape index (κ1) is 19.1. The van der Waals surface area contributed by atoms with Gasteiger partial charge >= 0.3 is 0 Å². The molecule has 0 aliphatic carbocycles. The molecular weight excluding hydrogens is 372 g/mol. The van der Waals surface area contributed by atoms with Crippen LogP contribution in [0.1, 0.15) is 12.0 Å². The molecule has 0 bridgehead atoms. The molecule has 2 aliphatic rings. The summed E-state index contributed by atoms with van der Waals surface area (Å²) < 4.78 is 16.7. The molecule has 0 spiro atoms. The normalized spacial score (nSPS) is 17.9. The third kappa shape index (κ3) is 4.45. The fourth-order valence-electron chi connectivity index (χ4n) is 3.45. The summed E-state index contributed by atoms with van der Waals surface area (Å²) in [4.78, 5) is 26.5. The molecule has 7 nitrogen and oxygen atoms in total. The minimum absolute atomic E-state index is 0.0715. The zero-order valence-corrected chi connectivity index (χ0v) is 16.3. The molecule has 152 valence electrons. The van der Waals surface area contributed by atoms with Crippen LogP contribution in [-0.2, 0) is 9.59 Å². The topological polar surface area (TPSA) is 77.1 Å². The molecule has 2 heterocycles. The number of carbonyl (C=O) groups is 2. The van der Waals surface area contributed by atoms with Crippen molar-refractivity contribution < 1.29 is 23.8 Å². The Labute approximate surface area is 169 Å². The molecule has 1 fully saturated rings. The number of hydrogen-bond acceptors (Lipinski definition) is 5. The van der Waals surface area contributed by atoms with Gasteiger partial charge in [0, 0.05) is 24.7 Å². The Bertz CT molecular complexity index is 897. The quantitative estimate of drug-likeness (QED) is 0.759. The number of ether oxygens (including phenoxy) is 3. The lowest BCUT2D eigenvalue weighted by Crippen LogP contribution is -2.35. The first-order chi connectivity index (χ1) is 14.1. The zero-order valence-electron chi connectivity index (χ0n) is 16.3. The molecule has 0 unspecified atom stereocenters. The summed E-state index contributed by atoms with van der Waals surface area (Å²) >= 11 is 0. The van der Waals surface area contributed by atoms with Crippen LogP contribution in [0.5, 0.6) is 17.2 Å². The van der Waals surface area contributed by atoms with Crippen molar-refractivity contribution in [1.82, 2.24) is 5.32 Å². The van der Waals surface area contributed by atoms with Crippen LogP contribution >= 0.6 is 0 Å². The number of rotatable bonds is 6. The maximum absolute atomic E-state index is 12.5. The molecule has 4 rings (SSSR count). The van der Waals surface area contributed by atoms with Crippen molar-refractivity contribution in [3.8, 4) is 17.2 Å². The number of nitrogens with one attached hydrogen (secondary N) is 1. The fourth-order valence-corrected chi connectivity index (χ4v) is 3.45. The summed E-state index contributed by atoms with van der Waals surface area (Å²) in [6.45, 7) is 4.14. The lowest BCUT2D eigenvalue weighted by atomic mass is 10.1. The Morgan fingerprint density at radius 1 is 1.14 bits per heavy atom. The molecule has 2 aromatic carbocycles. The molecule has 29 heavy (non-hydrogen) atoms. The summed E-state index contributed by atoms with van der Waals surface area (Å²) in [5.41, 5.74) is 1.89. The third-order valence-corrected chi connectivity index (χ3v) is 5.02. The van der Waals surface area contributed by atoms with Gasteiger partial charge in [-0.2, -0.15) is 0 Å². The van der Waals surface area contributed by atoms with E-state index < -0.39 is 0 Å². The van der Waals surface area contributed by atoms with Gasteiger partial charge in [0.1, 0.15) is 25.6 Å². The van der Waals surface area contributed by atoms with Crippen molar-refractivity contribution in [2.45, 2.75) is 13.3 Å². The van der Waals surface area contributed by atoms with Gasteiger partial charge < -0.3 is 24.4 Å².